The van der Waals surface area contributed by atoms with Crippen molar-refractivity contribution in [3.05, 3.63) is 76.4 Å². The van der Waals surface area contributed by atoms with Crippen LogP contribution in [-0.2, 0) is 6.42 Å². The molecule has 0 radical (unpaired) electrons. The average molecular weight is 364 g/mol. The monoisotopic (exact) mass is 363 g/mol. The lowest BCUT2D eigenvalue weighted by Gasteiger charge is -2.10. The molecule has 0 bridgehead atoms. The fraction of sp³-hybridized carbons (Fsp3) is 0.150. The van der Waals surface area contributed by atoms with Crippen LogP contribution >= 0.6 is 11.6 Å². The number of nitrogens with zero attached hydrogens (tertiary/aromatic N) is 3. The molecule has 0 spiro atoms. The molecule has 0 unspecified atom stereocenters. The summed E-state index contributed by atoms with van der Waals surface area (Å²) in [6, 6.07) is 19.1. The van der Waals surface area contributed by atoms with Crippen LogP contribution in [0.25, 0.3) is 0 Å². The van der Waals surface area contributed by atoms with Crippen molar-refractivity contribution in [2.45, 2.75) is 13.3 Å². The molecule has 5 nitrogen and oxygen atoms in total. The second kappa shape index (κ2) is 8.32. The quantitative estimate of drug-likeness (QED) is 0.663. The van der Waals surface area contributed by atoms with E-state index in [1.165, 1.54) is 5.56 Å². The van der Waals surface area contributed by atoms with Crippen molar-refractivity contribution in [1.82, 2.24) is 9.97 Å². The topological polar surface area (TPSA) is 73.6 Å². The summed E-state index contributed by atoms with van der Waals surface area (Å²) in [5, 5.41) is 16.2. The summed E-state index contributed by atoms with van der Waals surface area (Å²) in [7, 11) is 0. The molecule has 130 valence electrons. The van der Waals surface area contributed by atoms with Crippen LogP contribution < -0.4 is 10.6 Å². The predicted molar refractivity (Wildman–Crippen MR) is 105 cm³/mol. The maximum absolute atomic E-state index is 9.00. The van der Waals surface area contributed by atoms with E-state index >= 15 is 0 Å². The van der Waals surface area contributed by atoms with E-state index in [0.29, 0.717) is 11.5 Å². The van der Waals surface area contributed by atoms with E-state index in [-0.39, 0.29) is 0 Å². The van der Waals surface area contributed by atoms with Crippen LogP contribution in [0.2, 0.25) is 5.02 Å². The van der Waals surface area contributed by atoms with Gasteiger partial charge in [0, 0.05) is 29.0 Å². The van der Waals surface area contributed by atoms with Gasteiger partial charge in [-0.15, -0.1) is 0 Å². The van der Waals surface area contributed by atoms with E-state index in [1.54, 1.807) is 12.1 Å². The lowest BCUT2D eigenvalue weighted by atomic mass is 10.1. The van der Waals surface area contributed by atoms with Crippen LogP contribution in [0, 0.1) is 18.3 Å². The maximum Gasteiger partial charge on any atom is 0.229 e. The van der Waals surface area contributed by atoms with Gasteiger partial charge in [-0.05, 0) is 49.2 Å². The number of halogens is 1. The molecule has 0 saturated carbocycles. The molecule has 1 heterocycles. The van der Waals surface area contributed by atoms with Crippen LogP contribution in [0.4, 0.5) is 17.5 Å². The van der Waals surface area contributed by atoms with Gasteiger partial charge in [0.05, 0.1) is 11.6 Å². The molecule has 0 aliphatic carbocycles. The van der Waals surface area contributed by atoms with E-state index in [9.17, 15) is 0 Å². The standard InChI is InChI=1S/C20H18ClN5/c1-14-11-19(23-10-9-15-5-7-17(21)8-6-15)26-20(24-14)25-18-4-2-3-16(12-18)13-22/h2-8,11-12H,9-10H2,1H3,(H2,23,24,25,26). The molecule has 26 heavy (non-hydrogen) atoms. The van der Waals surface area contributed by atoms with E-state index in [1.807, 2.05) is 49.4 Å². The van der Waals surface area contributed by atoms with Gasteiger partial charge in [-0.3, -0.25) is 0 Å². The molecule has 0 aliphatic rings. The normalized spacial score (nSPS) is 10.2. The molecule has 1 aromatic heterocycles. The third-order valence-electron chi connectivity index (χ3n) is 3.74. The predicted octanol–water partition coefficient (Wildman–Crippen LogP) is 4.71. The summed E-state index contributed by atoms with van der Waals surface area (Å²) in [6.45, 7) is 2.67. The Hall–Kier alpha value is -3.10. The van der Waals surface area contributed by atoms with Crippen molar-refractivity contribution in [3.8, 4) is 6.07 Å². The summed E-state index contributed by atoms with van der Waals surface area (Å²) in [5.41, 5.74) is 3.43. The molecule has 0 atom stereocenters. The van der Waals surface area contributed by atoms with Crippen molar-refractivity contribution < 1.29 is 0 Å². The maximum atomic E-state index is 9.00. The zero-order valence-electron chi connectivity index (χ0n) is 14.3. The smallest absolute Gasteiger partial charge is 0.229 e. The highest BCUT2D eigenvalue weighted by Gasteiger charge is 2.04. The van der Waals surface area contributed by atoms with Crippen molar-refractivity contribution >= 4 is 29.1 Å². The van der Waals surface area contributed by atoms with Gasteiger partial charge in [-0.2, -0.15) is 10.2 Å². The fourth-order valence-electron chi connectivity index (χ4n) is 2.50. The summed E-state index contributed by atoms with van der Waals surface area (Å²) in [6.07, 6.45) is 0.868. The molecule has 3 aromatic rings. The van der Waals surface area contributed by atoms with E-state index in [0.717, 1.165) is 35.2 Å². The number of nitriles is 1. The zero-order valence-corrected chi connectivity index (χ0v) is 15.1. The lowest BCUT2D eigenvalue weighted by Crippen LogP contribution is -2.08. The highest BCUT2D eigenvalue weighted by atomic mass is 35.5. The van der Waals surface area contributed by atoms with Gasteiger partial charge in [0.1, 0.15) is 5.82 Å². The molecule has 2 aromatic carbocycles. The number of nitrogens with one attached hydrogen (secondary N) is 2. The third kappa shape index (κ3) is 4.95. The molecule has 0 saturated heterocycles. The third-order valence-corrected chi connectivity index (χ3v) is 3.99. The number of hydrogen-bond acceptors (Lipinski definition) is 5. The zero-order chi connectivity index (χ0) is 18.4. The molecular weight excluding hydrogens is 346 g/mol. The van der Waals surface area contributed by atoms with Gasteiger partial charge in [0.2, 0.25) is 5.95 Å². The SMILES string of the molecule is Cc1cc(NCCc2ccc(Cl)cc2)nc(Nc2cccc(C#N)c2)n1. The minimum Gasteiger partial charge on any atom is -0.370 e. The Morgan fingerprint density at radius 2 is 1.88 bits per heavy atom. The molecular formula is C20H18ClN5. The first-order chi connectivity index (χ1) is 12.6. The number of aromatic nitrogens is 2. The summed E-state index contributed by atoms with van der Waals surface area (Å²) in [4.78, 5) is 8.89. The van der Waals surface area contributed by atoms with Crippen LogP contribution in [0.5, 0.6) is 0 Å². The van der Waals surface area contributed by atoms with Gasteiger partial charge in [-0.25, -0.2) is 4.98 Å². The first kappa shape index (κ1) is 17.7. The first-order valence-corrected chi connectivity index (χ1v) is 8.61. The second-order valence-corrected chi connectivity index (χ2v) is 6.28. The first-order valence-electron chi connectivity index (χ1n) is 8.23. The van der Waals surface area contributed by atoms with Gasteiger partial charge in [-0.1, -0.05) is 29.8 Å². The second-order valence-electron chi connectivity index (χ2n) is 5.84. The van der Waals surface area contributed by atoms with Gasteiger partial charge < -0.3 is 10.6 Å². The average Bonchev–Trinajstić information content (AvgIpc) is 2.63. The Balaban J connectivity index is 1.65. The van der Waals surface area contributed by atoms with E-state index < -0.39 is 0 Å². The Morgan fingerprint density at radius 1 is 1.08 bits per heavy atom. The molecule has 0 fully saturated rings. The van der Waals surface area contributed by atoms with Crippen LogP contribution in [0.1, 0.15) is 16.8 Å². The van der Waals surface area contributed by atoms with Gasteiger partial charge >= 0.3 is 0 Å². The van der Waals surface area contributed by atoms with Crippen LogP contribution in [-0.4, -0.2) is 16.5 Å². The largest absolute Gasteiger partial charge is 0.370 e. The van der Waals surface area contributed by atoms with Gasteiger partial charge in [0.15, 0.2) is 0 Å². The minimum atomic E-state index is 0.495. The van der Waals surface area contributed by atoms with Crippen molar-refractivity contribution in [2.75, 3.05) is 17.2 Å². The molecule has 6 heteroatoms. The van der Waals surface area contributed by atoms with Crippen molar-refractivity contribution in [2.24, 2.45) is 0 Å². The lowest BCUT2D eigenvalue weighted by molar-refractivity contribution is 0.995. The van der Waals surface area contributed by atoms with Crippen molar-refractivity contribution in [1.29, 1.82) is 5.26 Å². The number of aryl methyl sites for hydroxylation is 1. The number of benzene rings is 2. The summed E-state index contributed by atoms with van der Waals surface area (Å²) >= 11 is 5.90. The Kier molecular flexibility index (Phi) is 5.67. The van der Waals surface area contributed by atoms with E-state index in [4.69, 9.17) is 16.9 Å². The van der Waals surface area contributed by atoms with Crippen molar-refractivity contribution in [3.63, 3.8) is 0 Å². The van der Waals surface area contributed by atoms with Gasteiger partial charge in [0.25, 0.3) is 0 Å². The summed E-state index contributed by atoms with van der Waals surface area (Å²) in [5.74, 6) is 1.25. The van der Waals surface area contributed by atoms with Crippen LogP contribution in [0.15, 0.2) is 54.6 Å². The highest BCUT2D eigenvalue weighted by Crippen LogP contribution is 2.17. The Labute approximate surface area is 157 Å². The number of anilines is 3. The molecule has 2 N–H and O–H groups in total. The Bertz CT molecular complexity index is 932. The Morgan fingerprint density at radius 3 is 2.65 bits per heavy atom. The fourth-order valence-corrected chi connectivity index (χ4v) is 2.62. The molecule has 3 rings (SSSR count). The highest BCUT2D eigenvalue weighted by molar-refractivity contribution is 6.30. The summed E-state index contributed by atoms with van der Waals surface area (Å²) < 4.78 is 0. The molecule has 0 amide bonds. The number of rotatable bonds is 6. The van der Waals surface area contributed by atoms with E-state index in [2.05, 4.69) is 26.7 Å². The molecule has 0 aliphatic heterocycles. The number of hydrogen-bond donors (Lipinski definition) is 2. The minimum absolute atomic E-state index is 0.495. The van der Waals surface area contributed by atoms with Crippen LogP contribution in [0.3, 0.4) is 0 Å².